The minimum atomic E-state index is -3.48. The highest BCUT2D eigenvalue weighted by Crippen LogP contribution is 2.38. The van der Waals surface area contributed by atoms with Crippen molar-refractivity contribution >= 4 is 21.8 Å². The molecule has 1 atom stereocenters. The van der Waals surface area contributed by atoms with Crippen LogP contribution in [-0.4, -0.2) is 31.2 Å². The molecule has 1 rings (SSSR count). The Kier molecular flexibility index (Phi) is 5.29. The molecule has 1 unspecified atom stereocenters. The van der Waals surface area contributed by atoms with Gasteiger partial charge in [-0.15, -0.1) is 0 Å². The van der Waals surface area contributed by atoms with Gasteiger partial charge in [0.15, 0.2) is 5.25 Å². The number of nitriles is 1. The summed E-state index contributed by atoms with van der Waals surface area (Å²) in [5.41, 5.74) is 0. The number of sulfonamides is 1. The third-order valence-electron chi connectivity index (χ3n) is 3.44. The van der Waals surface area contributed by atoms with Crippen LogP contribution in [0.3, 0.4) is 0 Å². The standard InChI is InChI=1S/C11H20N2O2S2/c1-10(8-12)17(14,15)13-9-11(16-2)6-4-3-5-7-11/h10,13H,3-7,9H2,1-2H3. The predicted molar refractivity (Wildman–Crippen MR) is 71.3 cm³/mol. The van der Waals surface area contributed by atoms with Gasteiger partial charge in [-0.05, 0) is 26.0 Å². The first-order valence-electron chi connectivity index (χ1n) is 5.89. The van der Waals surface area contributed by atoms with E-state index in [0.29, 0.717) is 6.54 Å². The fraction of sp³-hybridized carbons (Fsp3) is 0.909. The first-order chi connectivity index (χ1) is 7.96. The quantitative estimate of drug-likeness (QED) is 0.832. The third kappa shape index (κ3) is 3.87. The first-order valence-corrected chi connectivity index (χ1v) is 8.66. The third-order valence-corrected chi connectivity index (χ3v) is 6.44. The molecule has 1 aliphatic carbocycles. The summed E-state index contributed by atoms with van der Waals surface area (Å²) in [7, 11) is -3.48. The van der Waals surface area contributed by atoms with E-state index in [0.717, 1.165) is 25.7 Å². The molecule has 0 aliphatic heterocycles. The SMILES string of the molecule is CSC1(CNS(=O)(=O)C(C)C#N)CCCCC1. The molecular formula is C11H20N2O2S2. The van der Waals surface area contributed by atoms with Crippen LogP contribution in [0.25, 0.3) is 0 Å². The number of thioether (sulfide) groups is 1. The van der Waals surface area contributed by atoms with Crippen molar-refractivity contribution in [2.75, 3.05) is 12.8 Å². The first kappa shape index (κ1) is 14.8. The molecule has 1 fully saturated rings. The van der Waals surface area contributed by atoms with Crippen molar-refractivity contribution in [2.45, 2.75) is 49.0 Å². The molecule has 17 heavy (non-hydrogen) atoms. The second kappa shape index (κ2) is 6.07. The maximum Gasteiger partial charge on any atom is 0.227 e. The molecule has 1 aliphatic rings. The van der Waals surface area contributed by atoms with Gasteiger partial charge in [-0.3, -0.25) is 0 Å². The summed E-state index contributed by atoms with van der Waals surface area (Å²) >= 11 is 1.74. The molecule has 1 saturated carbocycles. The van der Waals surface area contributed by atoms with Crippen LogP contribution >= 0.6 is 11.8 Å². The van der Waals surface area contributed by atoms with Crippen LogP contribution < -0.4 is 4.72 Å². The molecule has 0 amide bonds. The van der Waals surface area contributed by atoms with E-state index >= 15 is 0 Å². The van der Waals surface area contributed by atoms with Crippen molar-refractivity contribution in [3.05, 3.63) is 0 Å². The van der Waals surface area contributed by atoms with Crippen molar-refractivity contribution in [3.8, 4) is 6.07 Å². The summed E-state index contributed by atoms with van der Waals surface area (Å²) in [6, 6.07) is 1.77. The Balaban J connectivity index is 2.62. The maximum atomic E-state index is 11.7. The molecule has 1 N–H and O–H groups in total. The molecule has 0 heterocycles. The lowest BCUT2D eigenvalue weighted by molar-refractivity contribution is 0.394. The summed E-state index contributed by atoms with van der Waals surface area (Å²) in [6.45, 7) is 1.86. The summed E-state index contributed by atoms with van der Waals surface area (Å²) in [5, 5.41) is 7.67. The molecule has 98 valence electrons. The van der Waals surface area contributed by atoms with Crippen LogP contribution in [0.4, 0.5) is 0 Å². The Bertz CT molecular complexity index is 381. The maximum absolute atomic E-state index is 11.7. The highest BCUT2D eigenvalue weighted by atomic mass is 32.2. The minimum absolute atomic E-state index is 0.0283. The molecule has 4 nitrogen and oxygen atoms in total. The van der Waals surface area contributed by atoms with E-state index < -0.39 is 15.3 Å². The average molecular weight is 276 g/mol. The van der Waals surface area contributed by atoms with Gasteiger partial charge in [-0.25, -0.2) is 13.1 Å². The van der Waals surface area contributed by atoms with Gasteiger partial charge in [-0.1, -0.05) is 19.3 Å². The Morgan fingerprint density at radius 3 is 2.47 bits per heavy atom. The van der Waals surface area contributed by atoms with Gasteiger partial charge in [0.1, 0.15) is 0 Å². The van der Waals surface area contributed by atoms with Crippen molar-refractivity contribution < 1.29 is 8.42 Å². The molecule has 0 aromatic carbocycles. The van der Waals surface area contributed by atoms with Gasteiger partial charge in [-0.2, -0.15) is 17.0 Å². The minimum Gasteiger partial charge on any atom is -0.213 e. The summed E-state index contributed by atoms with van der Waals surface area (Å²) in [4.78, 5) is 0. The Labute approximate surface area is 108 Å². The van der Waals surface area contributed by atoms with Crippen molar-refractivity contribution in [1.82, 2.24) is 4.72 Å². The molecular weight excluding hydrogens is 256 g/mol. The fourth-order valence-corrected chi connectivity index (χ4v) is 3.95. The highest BCUT2D eigenvalue weighted by molar-refractivity contribution is 8.00. The zero-order valence-corrected chi connectivity index (χ0v) is 12.0. The topological polar surface area (TPSA) is 70.0 Å². The number of nitrogens with one attached hydrogen (secondary N) is 1. The van der Waals surface area contributed by atoms with Crippen LogP contribution in [0.2, 0.25) is 0 Å². The number of hydrogen-bond acceptors (Lipinski definition) is 4. The summed E-state index contributed by atoms with van der Waals surface area (Å²) < 4.78 is 26.1. The Hall–Kier alpha value is -0.250. The van der Waals surface area contributed by atoms with Gasteiger partial charge in [0, 0.05) is 11.3 Å². The van der Waals surface area contributed by atoms with E-state index in [1.54, 1.807) is 17.8 Å². The van der Waals surface area contributed by atoms with E-state index in [4.69, 9.17) is 5.26 Å². The fourth-order valence-electron chi connectivity index (χ4n) is 2.08. The number of nitrogens with zero attached hydrogens (tertiary/aromatic N) is 1. The molecule has 0 bridgehead atoms. The van der Waals surface area contributed by atoms with Gasteiger partial charge in [0.25, 0.3) is 0 Å². The molecule has 0 aromatic rings. The average Bonchev–Trinajstić information content (AvgIpc) is 2.36. The van der Waals surface area contributed by atoms with Gasteiger partial charge in [0.05, 0.1) is 6.07 Å². The molecule has 0 spiro atoms. The van der Waals surface area contributed by atoms with Crippen LogP contribution in [0.5, 0.6) is 0 Å². The van der Waals surface area contributed by atoms with E-state index in [2.05, 4.69) is 4.72 Å². The predicted octanol–water partition coefficient (Wildman–Crippen LogP) is 1.88. The van der Waals surface area contributed by atoms with E-state index in [1.165, 1.54) is 13.3 Å². The van der Waals surface area contributed by atoms with Gasteiger partial charge >= 0.3 is 0 Å². The van der Waals surface area contributed by atoms with Gasteiger partial charge in [0.2, 0.25) is 10.0 Å². The Morgan fingerprint density at radius 2 is 2.00 bits per heavy atom. The largest absolute Gasteiger partial charge is 0.227 e. The highest BCUT2D eigenvalue weighted by Gasteiger charge is 2.33. The number of hydrogen-bond donors (Lipinski definition) is 1. The lowest BCUT2D eigenvalue weighted by Crippen LogP contribution is -2.44. The van der Waals surface area contributed by atoms with Crippen molar-refractivity contribution in [1.29, 1.82) is 5.26 Å². The van der Waals surface area contributed by atoms with Crippen LogP contribution in [0, 0.1) is 11.3 Å². The number of rotatable bonds is 5. The summed E-state index contributed by atoms with van der Waals surface area (Å²) in [6.07, 6.45) is 7.71. The van der Waals surface area contributed by atoms with E-state index in [1.807, 2.05) is 6.26 Å². The lowest BCUT2D eigenvalue weighted by atomic mass is 9.88. The Morgan fingerprint density at radius 1 is 1.41 bits per heavy atom. The molecule has 0 radical (unpaired) electrons. The van der Waals surface area contributed by atoms with Crippen molar-refractivity contribution in [3.63, 3.8) is 0 Å². The summed E-state index contributed by atoms with van der Waals surface area (Å²) in [5.74, 6) is 0. The molecule has 6 heteroatoms. The lowest BCUT2D eigenvalue weighted by Gasteiger charge is -2.35. The zero-order valence-electron chi connectivity index (χ0n) is 10.4. The van der Waals surface area contributed by atoms with Crippen molar-refractivity contribution in [2.24, 2.45) is 0 Å². The monoisotopic (exact) mass is 276 g/mol. The molecule has 0 aromatic heterocycles. The normalized spacial score (nSPS) is 21.7. The molecule has 0 saturated heterocycles. The van der Waals surface area contributed by atoms with Gasteiger partial charge < -0.3 is 0 Å². The van der Waals surface area contributed by atoms with Crippen LogP contribution in [0.1, 0.15) is 39.0 Å². The smallest absolute Gasteiger partial charge is 0.213 e. The zero-order chi connectivity index (χ0) is 12.9. The van der Waals surface area contributed by atoms with Crippen LogP contribution in [0.15, 0.2) is 0 Å². The second-order valence-corrected chi connectivity index (χ2v) is 7.95. The van der Waals surface area contributed by atoms with E-state index in [-0.39, 0.29) is 4.75 Å². The van der Waals surface area contributed by atoms with E-state index in [9.17, 15) is 8.42 Å². The van der Waals surface area contributed by atoms with Crippen LogP contribution in [-0.2, 0) is 10.0 Å². The second-order valence-electron chi connectivity index (χ2n) is 4.59.